The van der Waals surface area contributed by atoms with Crippen LogP contribution in [0.3, 0.4) is 0 Å². The highest BCUT2D eigenvalue weighted by Crippen LogP contribution is 2.08. The fraction of sp³-hybridized carbons (Fsp3) is 0.923. The lowest BCUT2D eigenvalue weighted by Crippen LogP contribution is -2.41. The van der Waals surface area contributed by atoms with Crippen LogP contribution in [-0.4, -0.2) is 49.8 Å². The maximum absolute atomic E-state index is 11.7. The van der Waals surface area contributed by atoms with Gasteiger partial charge in [0.15, 0.2) is 0 Å². The summed E-state index contributed by atoms with van der Waals surface area (Å²) < 4.78 is 10.3. The van der Waals surface area contributed by atoms with Crippen molar-refractivity contribution in [2.45, 2.75) is 52.7 Å². The van der Waals surface area contributed by atoms with Crippen LogP contribution >= 0.6 is 0 Å². The molecule has 0 fully saturated rings. The second-order valence-electron chi connectivity index (χ2n) is 4.47. The zero-order chi connectivity index (χ0) is 13.3. The van der Waals surface area contributed by atoms with Crippen LogP contribution < -0.4 is 0 Å². The summed E-state index contributed by atoms with van der Waals surface area (Å²) in [4.78, 5) is 13.8. The van der Waals surface area contributed by atoms with Gasteiger partial charge in [-0.3, -0.25) is 9.69 Å². The Kier molecular flexibility index (Phi) is 9.09. The van der Waals surface area contributed by atoms with Gasteiger partial charge in [-0.15, -0.1) is 0 Å². The third-order valence-electron chi connectivity index (χ3n) is 2.74. The fourth-order valence-electron chi connectivity index (χ4n) is 1.87. The van der Waals surface area contributed by atoms with Crippen molar-refractivity contribution in [1.29, 1.82) is 0 Å². The van der Waals surface area contributed by atoms with E-state index in [0.717, 1.165) is 19.4 Å². The van der Waals surface area contributed by atoms with Crippen LogP contribution in [0.2, 0.25) is 0 Å². The lowest BCUT2D eigenvalue weighted by Gasteiger charge is -2.29. The molecule has 102 valence electrons. The summed E-state index contributed by atoms with van der Waals surface area (Å²) in [6.45, 7) is 9.79. The number of methoxy groups -OCH3 is 1. The third kappa shape index (κ3) is 7.34. The highest BCUT2D eigenvalue weighted by atomic mass is 16.5. The van der Waals surface area contributed by atoms with Crippen LogP contribution in [-0.2, 0) is 14.3 Å². The molecule has 0 aliphatic carbocycles. The van der Waals surface area contributed by atoms with Crippen molar-refractivity contribution in [1.82, 2.24) is 4.90 Å². The number of ether oxygens (including phenoxy) is 2. The first-order valence-electron chi connectivity index (χ1n) is 6.47. The van der Waals surface area contributed by atoms with Crippen LogP contribution in [0.25, 0.3) is 0 Å². The van der Waals surface area contributed by atoms with Crippen LogP contribution in [0.1, 0.15) is 40.5 Å². The highest BCUT2D eigenvalue weighted by molar-refractivity contribution is 5.71. The van der Waals surface area contributed by atoms with Crippen molar-refractivity contribution in [3.05, 3.63) is 0 Å². The zero-order valence-electron chi connectivity index (χ0n) is 11.9. The van der Waals surface area contributed by atoms with E-state index in [1.165, 1.54) is 0 Å². The topological polar surface area (TPSA) is 38.8 Å². The minimum atomic E-state index is -0.150. The first-order valence-corrected chi connectivity index (χ1v) is 6.47. The maximum atomic E-state index is 11.7. The molecule has 17 heavy (non-hydrogen) atoms. The van der Waals surface area contributed by atoms with E-state index in [1.807, 2.05) is 13.8 Å². The van der Waals surface area contributed by atoms with Gasteiger partial charge in [-0.25, -0.2) is 0 Å². The lowest BCUT2D eigenvalue weighted by molar-refractivity contribution is -0.149. The first kappa shape index (κ1) is 16.4. The Labute approximate surface area is 105 Å². The Morgan fingerprint density at radius 3 is 2.24 bits per heavy atom. The molecule has 0 saturated heterocycles. The van der Waals surface area contributed by atoms with Crippen molar-refractivity contribution in [3.63, 3.8) is 0 Å². The predicted molar refractivity (Wildman–Crippen MR) is 69.0 cm³/mol. The number of esters is 1. The molecule has 0 aliphatic rings. The van der Waals surface area contributed by atoms with Gasteiger partial charge in [-0.2, -0.15) is 0 Å². The molecular formula is C13H27NO3. The molecule has 0 bridgehead atoms. The molecule has 0 aromatic rings. The van der Waals surface area contributed by atoms with Gasteiger partial charge in [-0.05, 0) is 26.7 Å². The number of nitrogens with zero attached hydrogens (tertiary/aromatic N) is 1. The second kappa shape index (κ2) is 9.42. The van der Waals surface area contributed by atoms with Crippen molar-refractivity contribution in [2.75, 3.05) is 26.8 Å². The van der Waals surface area contributed by atoms with Crippen LogP contribution in [0.5, 0.6) is 0 Å². The van der Waals surface area contributed by atoms with E-state index in [2.05, 4.69) is 18.7 Å². The molecule has 4 heteroatoms. The maximum Gasteiger partial charge on any atom is 0.320 e. The summed E-state index contributed by atoms with van der Waals surface area (Å²) in [5, 5.41) is 0. The molecule has 0 aromatic heterocycles. The van der Waals surface area contributed by atoms with E-state index in [9.17, 15) is 4.79 Å². The molecule has 0 radical (unpaired) electrons. The van der Waals surface area contributed by atoms with E-state index < -0.39 is 0 Å². The number of carbonyl (C=O) groups is 1. The fourth-order valence-corrected chi connectivity index (χ4v) is 1.87. The highest BCUT2D eigenvalue weighted by Gasteiger charge is 2.19. The van der Waals surface area contributed by atoms with E-state index in [-0.39, 0.29) is 12.1 Å². The standard InChI is InChI=1S/C13H27NO3/c1-6-12(7-2)14(8-9-16-5)10-13(15)17-11(3)4/h11-12H,6-10H2,1-5H3. The molecule has 0 aromatic carbocycles. The van der Waals surface area contributed by atoms with E-state index in [0.29, 0.717) is 19.2 Å². The van der Waals surface area contributed by atoms with Gasteiger partial charge in [0, 0.05) is 19.7 Å². The molecule has 0 spiro atoms. The van der Waals surface area contributed by atoms with Gasteiger partial charge in [0.2, 0.25) is 0 Å². The molecule has 0 amide bonds. The van der Waals surface area contributed by atoms with E-state index in [1.54, 1.807) is 7.11 Å². The summed E-state index contributed by atoms with van der Waals surface area (Å²) >= 11 is 0. The van der Waals surface area contributed by atoms with Gasteiger partial charge >= 0.3 is 5.97 Å². The van der Waals surface area contributed by atoms with Crippen LogP contribution in [0.4, 0.5) is 0 Å². The largest absolute Gasteiger partial charge is 0.462 e. The Morgan fingerprint density at radius 1 is 1.24 bits per heavy atom. The van der Waals surface area contributed by atoms with Crippen LogP contribution in [0.15, 0.2) is 0 Å². The predicted octanol–water partition coefficient (Wildman–Crippen LogP) is 2.08. The number of hydrogen-bond donors (Lipinski definition) is 0. The third-order valence-corrected chi connectivity index (χ3v) is 2.74. The minimum absolute atomic E-state index is 0.0477. The molecular weight excluding hydrogens is 218 g/mol. The van der Waals surface area contributed by atoms with Crippen molar-refractivity contribution in [3.8, 4) is 0 Å². The molecule has 0 unspecified atom stereocenters. The average molecular weight is 245 g/mol. The molecule has 0 saturated carbocycles. The average Bonchev–Trinajstić information content (AvgIpc) is 2.26. The molecule has 0 atom stereocenters. The summed E-state index contributed by atoms with van der Waals surface area (Å²) in [6.07, 6.45) is 2.03. The van der Waals surface area contributed by atoms with Crippen LogP contribution in [0, 0.1) is 0 Å². The minimum Gasteiger partial charge on any atom is -0.462 e. The van der Waals surface area contributed by atoms with E-state index in [4.69, 9.17) is 9.47 Å². The molecule has 0 N–H and O–H groups in total. The smallest absolute Gasteiger partial charge is 0.320 e. The summed E-state index contributed by atoms with van der Waals surface area (Å²) in [5.41, 5.74) is 0. The number of carbonyl (C=O) groups excluding carboxylic acids is 1. The summed E-state index contributed by atoms with van der Waals surface area (Å²) in [5.74, 6) is -0.150. The Balaban J connectivity index is 4.30. The molecule has 4 nitrogen and oxygen atoms in total. The second-order valence-corrected chi connectivity index (χ2v) is 4.47. The first-order chi connectivity index (χ1) is 8.04. The SMILES string of the molecule is CCC(CC)N(CCOC)CC(=O)OC(C)C. The van der Waals surface area contributed by atoms with Gasteiger partial charge in [-0.1, -0.05) is 13.8 Å². The van der Waals surface area contributed by atoms with Crippen molar-refractivity contribution < 1.29 is 14.3 Å². The normalized spacial score (nSPS) is 11.5. The quantitative estimate of drug-likeness (QED) is 0.583. The molecule has 0 aliphatic heterocycles. The summed E-state index contributed by atoms with van der Waals surface area (Å²) in [6, 6.07) is 0.421. The van der Waals surface area contributed by atoms with Gasteiger partial charge in [0.25, 0.3) is 0 Å². The van der Waals surface area contributed by atoms with E-state index >= 15 is 0 Å². The Morgan fingerprint density at radius 2 is 1.82 bits per heavy atom. The Hall–Kier alpha value is -0.610. The van der Waals surface area contributed by atoms with Crippen molar-refractivity contribution in [2.24, 2.45) is 0 Å². The van der Waals surface area contributed by atoms with Gasteiger partial charge in [0.1, 0.15) is 0 Å². The molecule has 0 heterocycles. The van der Waals surface area contributed by atoms with Crippen molar-refractivity contribution >= 4 is 5.97 Å². The molecule has 0 rings (SSSR count). The lowest BCUT2D eigenvalue weighted by atomic mass is 10.1. The van der Waals surface area contributed by atoms with Gasteiger partial charge < -0.3 is 9.47 Å². The van der Waals surface area contributed by atoms with Gasteiger partial charge in [0.05, 0.1) is 19.3 Å². The zero-order valence-corrected chi connectivity index (χ0v) is 11.9. The monoisotopic (exact) mass is 245 g/mol. The summed E-state index contributed by atoms with van der Waals surface area (Å²) in [7, 11) is 1.68. The number of hydrogen-bond acceptors (Lipinski definition) is 4. The Bertz CT molecular complexity index is 203. The number of rotatable bonds is 9.